The third-order valence-electron chi connectivity index (χ3n) is 1.85. The van der Waals surface area contributed by atoms with Gasteiger partial charge in [0.05, 0.1) is 16.1 Å². The van der Waals surface area contributed by atoms with E-state index < -0.39 is 24.6 Å². The molecule has 5 heteroatoms. The predicted molar refractivity (Wildman–Crippen MR) is 60.7 cm³/mol. The summed E-state index contributed by atoms with van der Waals surface area (Å²) in [5, 5.41) is 0. The standard InChI is InChI=1S/C7H20FOPSi2/c1-11(2,3)7(10(8)9)12(4,5)6/h7,9H,1-6H3. The first kappa shape index (κ1) is 12.8. The second kappa shape index (κ2) is 3.86. The molecule has 0 radical (unpaired) electrons. The fraction of sp³-hybridized carbons (Fsp3) is 1.00. The van der Waals surface area contributed by atoms with Gasteiger partial charge in [0.15, 0.2) is 0 Å². The highest BCUT2D eigenvalue weighted by atomic mass is 31.2. The monoisotopic (exact) mass is 226 g/mol. The van der Waals surface area contributed by atoms with Crippen LogP contribution in [0, 0.1) is 0 Å². The molecule has 0 aromatic heterocycles. The summed E-state index contributed by atoms with van der Waals surface area (Å²) in [7, 11) is -5.26. The molecule has 0 aliphatic rings. The summed E-state index contributed by atoms with van der Waals surface area (Å²) in [5.41, 5.74) is 0. The molecule has 0 aliphatic heterocycles. The molecule has 0 spiro atoms. The number of hydrogen-bond acceptors (Lipinski definition) is 1. The Morgan fingerprint density at radius 3 is 1.25 bits per heavy atom. The van der Waals surface area contributed by atoms with E-state index in [9.17, 15) is 4.20 Å². The molecule has 0 bridgehead atoms. The van der Waals surface area contributed by atoms with Crippen molar-refractivity contribution in [2.24, 2.45) is 0 Å². The first-order chi connectivity index (χ1) is 5.07. The maximum Gasteiger partial charge on any atom is 0.214 e. The normalized spacial score (nSPS) is 16.8. The molecule has 0 heterocycles. The second-order valence-corrected chi connectivity index (χ2v) is 18.7. The predicted octanol–water partition coefficient (Wildman–Crippen LogP) is 3.38. The highest BCUT2D eigenvalue weighted by Crippen LogP contribution is 2.47. The lowest BCUT2D eigenvalue weighted by molar-refractivity contribution is 0.568. The highest BCUT2D eigenvalue weighted by molar-refractivity contribution is 7.55. The fourth-order valence-corrected chi connectivity index (χ4v) is 17.4. The summed E-state index contributed by atoms with van der Waals surface area (Å²) < 4.78 is 13.0. The van der Waals surface area contributed by atoms with E-state index in [0.29, 0.717) is 0 Å². The van der Waals surface area contributed by atoms with Gasteiger partial charge in [-0.3, -0.25) is 0 Å². The largest absolute Gasteiger partial charge is 0.346 e. The van der Waals surface area contributed by atoms with Crippen molar-refractivity contribution < 1.29 is 9.09 Å². The zero-order valence-electron chi connectivity index (χ0n) is 8.85. The van der Waals surface area contributed by atoms with Crippen LogP contribution in [-0.4, -0.2) is 25.9 Å². The Morgan fingerprint density at radius 1 is 1.00 bits per heavy atom. The van der Waals surface area contributed by atoms with E-state index >= 15 is 0 Å². The molecule has 1 atom stereocenters. The molecular formula is C7H20FOPSi2. The van der Waals surface area contributed by atoms with Crippen LogP contribution >= 0.6 is 8.46 Å². The van der Waals surface area contributed by atoms with E-state index in [4.69, 9.17) is 4.89 Å². The molecule has 0 aromatic rings. The Morgan fingerprint density at radius 2 is 1.25 bits per heavy atom. The Hall–Kier alpha value is 0.754. The average Bonchev–Trinajstić information content (AvgIpc) is 1.49. The van der Waals surface area contributed by atoms with Crippen molar-refractivity contribution in [2.75, 3.05) is 0 Å². The van der Waals surface area contributed by atoms with Gasteiger partial charge >= 0.3 is 0 Å². The van der Waals surface area contributed by atoms with Gasteiger partial charge in [-0.2, -0.15) is 4.20 Å². The van der Waals surface area contributed by atoms with E-state index in [1.807, 2.05) is 0 Å². The lowest BCUT2D eigenvalue weighted by atomic mass is 11.7. The molecule has 0 aliphatic carbocycles. The van der Waals surface area contributed by atoms with Crippen LogP contribution in [0.3, 0.4) is 0 Å². The minimum atomic E-state index is -2.22. The Labute approximate surface area is 78.4 Å². The van der Waals surface area contributed by atoms with Crippen molar-refractivity contribution in [1.82, 2.24) is 0 Å². The Balaban J connectivity index is 4.70. The van der Waals surface area contributed by atoms with Crippen LogP contribution in [0.5, 0.6) is 0 Å². The molecule has 0 saturated carbocycles. The number of rotatable bonds is 3. The van der Waals surface area contributed by atoms with Gasteiger partial charge in [0, 0.05) is 4.91 Å². The maximum atomic E-state index is 13.0. The third kappa shape index (κ3) is 3.64. The minimum absolute atomic E-state index is 0.0139. The van der Waals surface area contributed by atoms with E-state index in [2.05, 4.69) is 39.3 Å². The van der Waals surface area contributed by atoms with Crippen molar-refractivity contribution in [2.45, 2.75) is 44.2 Å². The summed E-state index contributed by atoms with van der Waals surface area (Å²) in [6.45, 7) is 12.8. The van der Waals surface area contributed by atoms with Crippen molar-refractivity contribution in [1.29, 1.82) is 0 Å². The smallest absolute Gasteiger partial charge is 0.214 e. The van der Waals surface area contributed by atoms with Crippen LogP contribution in [0.2, 0.25) is 39.3 Å². The number of halogens is 1. The molecule has 1 N–H and O–H groups in total. The molecule has 0 fully saturated rings. The summed E-state index contributed by atoms with van der Waals surface area (Å²) in [5.74, 6) is 0. The first-order valence-corrected chi connectivity index (χ1v) is 12.6. The first-order valence-electron chi connectivity index (χ1n) is 4.20. The molecule has 0 amide bonds. The molecule has 1 nitrogen and oxygen atoms in total. The van der Waals surface area contributed by atoms with Gasteiger partial charge < -0.3 is 4.89 Å². The fourth-order valence-electron chi connectivity index (χ4n) is 1.94. The van der Waals surface area contributed by atoms with E-state index in [-0.39, 0.29) is 4.91 Å². The quantitative estimate of drug-likeness (QED) is 0.578. The molecule has 0 aromatic carbocycles. The van der Waals surface area contributed by atoms with Crippen molar-refractivity contribution in [3.05, 3.63) is 0 Å². The second-order valence-electron chi connectivity index (χ2n) is 5.42. The van der Waals surface area contributed by atoms with Gasteiger partial charge in [-0.1, -0.05) is 39.3 Å². The summed E-state index contributed by atoms with van der Waals surface area (Å²) >= 11 is 0. The zero-order chi connectivity index (χ0) is 10.2. The Kier molecular flexibility index (Phi) is 4.11. The summed E-state index contributed by atoms with van der Waals surface area (Å²) in [6.07, 6.45) is 0. The lowest BCUT2D eigenvalue weighted by Crippen LogP contribution is -2.52. The topological polar surface area (TPSA) is 20.2 Å². The van der Waals surface area contributed by atoms with Crippen LogP contribution in [-0.2, 0) is 0 Å². The Bertz CT molecular complexity index is 136. The van der Waals surface area contributed by atoms with Crippen molar-refractivity contribution >= 4 is 24.6 Å². The van der Waals surface area contributed by atoms with Gasteiger partial charge in [-0.05, 0) is 0 Å². The van der Waals surface area contributed by atoms with Crippen LogP contribution in [0.15, 0.2) is 0 Å². The van der Waals surface area contributed by atoms with Crippen LogP contribution < -0.4 is 0 Å². The SMILES string of the molecule is C[Si](C)(C)C(P(O)F)[Si](C)(C)C. The summed E-state index contributed by atoms with van der Waals surface area (Å²) in [6, 6.07) is 0. The zero-order valence-corrected chi connectivity index (χ0v) is 11.7. The highest BCUT2D eigenvalue weighted by Gasteiger charge is 2.43. The van der Waals surface area contributed by atoms with Crippen LogP contribution in [0.1, 0.15) is 0 Å². The van der Waals surface area contributed by atoms with Crippen molar-refractivity contribution in [3.63, 3.8) is 0 Å². The third-order valence-corrected chi connectivity index (χ3v) is 16.7. The van der Waals surface area contributed by atoms with Gasteiger partial charge in [0.1, 0.15) is 0 Å². The van der Waals surface area contributed by atoms with Gasteiger partial charge in [0.25, 0.3) is 0 Å². The maximum absolute atomic E-state index is 13.0. The van der Waals surface area contributed by atoms with Crippen LogP contribution in [0.4, 0.5) is 4.20 Å². The summed E-state index contributed by atoms with van der Waals surface area (Å²) in [4.78, 5) is 9.16. The van der Waals surface area contributed by atoms with Gasteiger partial charge in [-0.15, -0.1) is 0 Å². The van der Waals surface area contributed by atoms with E-state index in [1.165, 1.54) is 0 Å². The molecular weight excluding hydrogens is 206 g/mol. The number of hydrogen-bond donors (Lipinski definition) is 1. The molecule has 1 unspecified atom stereocenters. The minimum Gasteiger partial charge on any atom is -0.346 e. The van der Waals surface area contributed by atoms with Gasteiger partial charge in [0.2, 0.25) is 8.46 Å². The van der Waals surface area contributed by atoms with Crippen LogP contribution in [0.25, 0.3) is 0 Å². The molecule has 12 heavy (non-hydrogen) atoms. The van der Waals surface area contributed by atoms with Crippen molar-refractivity contribution in [3.8, 4) is 0 Å². The van der Waals surface area contributed by atoms with E-state index in [0.717, 1.165) is 0 Å². The molecule has 0 rings (SSSR count). The molecule has 0 saturated heterocycles. The van der Waals surface area contributed by atoms with E-state index in [1.54, 1.807) is 0 Å². The average molecular weight is 226 g/mol. The lowest BCUT2D eigenvalue weighted by Gasteiger charge is -2.37. The molecule has 74 valence electrons. The van der Waals surface area contributed by atoms with Gasteiger partial charge in [-0.25, -0.2) is 0 Å².